The molecule has 0 radical (unpaired) electrons. The molecular formula is C23H24F4N4O4. The maximum Gasteiger partial charge on any atom is 0.503 e. The van der Waals surface area contributed by atoms with Crippen LogP contribution in [0.1, 0.15) is 36.9 Å². The minimum absolute atomic E-state index is 0.296. The lowest BCUT2D eigenvalue weighted by Crippen LogP contribution is -2.26. The molecule has 1 fully saturated rings. The number of aromatic amines is 1. The third-order valence-electron chi connectivity index (χ3n) is 5.42. The second-order valence-corrected chi connectivity index (χ2v) is 7.97. The molecule has 4 rings (SSSR count). The summed E-state index contributed by atoms with van der Waals surface area (Å²) in [7, 11) is 0. The molecule has 12 heteroatoms. The van der Waals surface area contributed by atoms with Crippen LogP contribution in [0.4, 0.5) is 34.0 Å². The molecule has 0 bridgehead atoms. The fourth-order valence-electron chi connectivity index (χ4n) is 3.88. The molecule has 0 spiro atoms. The molecule has 8 nitrogen and oxygen atoms in total. The van der Waals surface area contributed by atoms with Crippen molar-refractivity contribution in [2.75, 3.05) is 5.32 Å². The summed E-state index contributed by atoms with van der Waals surface area (Å²) in [5.41, 5.74) is -0.341. The summed E-state index contributed by atoms with van der Waals surface area (Å²) in [6, 6.07) is 10.7. The van der Waals surface area contributed by atoms with E-state index in [9.17, 15) is 17.6 Å². The highest BCUT2D eigenvalue weighted by Gasteiger charge is 2.35. The highest BCUT2D eigenvalue weighted by molar-refractivity contribution is 5.53. The Kier molecular flexibility index (Phi) is 8.50. The third kappa shape index (κ3) is 7.87. The molecule has 188 valence electrons. The Bertz CT molecular complexity index is 1100. The number of H-pyrrole nitrogens is 1. The number of carboxylic acid groups (broad SMARTS) is 2. The zero-order valence-corrected chi connectivity index (χ0v) is 18.4. The van der Waals surface area contributed by atoms with Gasteiger partial charge < -0.3 is 20.3 Å². The molecule has 2 heterocycles. The Labute approximate surface area is 198 Å². The molecule has 0 amide bonds. The number of hydrogen-bond acceptors (Lipinski definition) is 5. The molecular weight excluding hydrogens is 472 g/mol. The van der Waals surface area contributed by atoms with E-state index in [0.29, 0.717) is 18.8 Å². The lowest BCUT2D eigenvalue weighted by Gasteiger charge is -2.29. The van der Waals surface area contributed by atoms with Gasteiger partial charge in [-0.1, -0.05) is 12.1 Å². The summed E-state index contributed by atoms with van der Waals surface area (Å²) in [5.74, 6) is 0.185. The van der Waals surface area contributed by atoms with Crippen LogP contribution >= 0.6 is 0 Å². The van der Waals surface area contributed by atoms with Crippen LogP contribution < -0.4 is 10.1 Å². The minimum Gasteiger partial charge on any atom is -0.487 e. The van der Waals surface area contributed by atoms with E-state index in [1.54, 1.807) is 6.20 Å². The fourth-order valence-corrected chi connectivity index (χ4v) is 3.88. The van der Waals surface area contributed by atoms with Crippen molar-refractivity contribution in [2.45, 2.75) is 44.4 Å². The number of carbonyl (C=O) groups is 1. The first-order chi connectivity index (χ1) is 16.6. The number of hydrogen-bond donors (Lipinski definition) is 4. The van der Waals surface area contributed by atoms with Crippen molar-refractivity contribution in [1.29, 1.82) is 0 Å². The van der Waals surface area contributed by atoms with Crippen molar-refractivity contribution >= 4 is 17.8 Å². The van der Waals surface area contributed by atoms with Crippen LogP contribution in [0.5, 0.6) is 5.75 Å². The van der Waals surface area contributed by atoms with E-state index >= 15 is 0 Å². The number of anilines is 2. The molecule has 1 aliphatic rings. The van der Waals surface area contributed by atoms with E-state index in [-0.39, 0.29) is 11.9 Å². The molecule has 1 aliphatic carbocycles. The Balaban J connectivity index is 0.000000795. The van der Waals surface area contributed by atoms with Crippen LogP contribution in [0.15, 0.2) is 48.7 Å². The Hall–Kier alpha value is -3.83. The van der Waals surface area contributed by atoms with Crippen LogP contribution in [-0.2, 0) is 12.6 Å². The highest BCUT2D eigenvalue weighted by Crippen LogP contribution is 2.36. The number of aromatic nitrogens is 3. The number of ether oxygens (including phenoxy) is 1. The van der Waals surface area contributed by atoms with E-state index in [4.69, 9.17) is 19.7 Å². The molecule has 35 heavy (non-hydrogen) atoms. The quantitative estimate of drug-likeness (QED) is 0.304. The van der Waals surface area contributed by atoms with Crippen LogP contribution in [0.2, 0.25) is 0 Å². The summed E-state index contributed by atoms with van der Waals surface area (Å²) < 4.78 is 58.5. The number of benzene rings is 1. The normalized spacial score (nSPS) is 17.7. The zero-order valence-electron chi connectivity index (χ0n) is 18.4. The number of nitrogens with one attached hydrogen (secondary N) is 2. The van der Waals surface area contributed by atoms with Crippen LogP contribution in [0.25, 0.3) is 0 Å². The monoisotopic (exact) mass is 496 g/mol. The molecule has 1 aromatic carbocycles. The van der Waals surface area contributed by atoms with Crippen molar-refractivity contribution in [2.24, 2.45) is 5.92 Å². The van der Waals surface area contributed by atoms with Gasteiger partial charge in [-0.3, -0.25) is 5.10 Å². The Morgan fingerprint density at radius 3 is 2.40 bits per heavy atom. The summed E-state index contributed by atoms with van der Waals surface area (Å²) >= 11 is 0. The van der Waals surface area contributed by atoms with E-state index in [0.717, 1.165) is 42.7 Å². The zero-order chi connectivity index (χ0) is 25.4. The van der Waals surface area contributed by atoms with Crippen molar-refractivity contribution in [3.05, 3.63) is 65.7 Å². The van der Waals surface area contributed by atoms with Gasteiger partial charge in [-0.25, -0.2) is 14.2 Å². The summed E-state index contributed by atoms with van der Waals surface area (Å²) in [5, 5.41) is 23.8. The van der Waals surface area contributed by atoms with Crippen LogP contribution in [0.3, 0.4) is 0 Å². The number of nitrogens with zero attached hydrogens (tertiary/aromatic N) is 2. The average Bonchev–Trinajstić information content (AvgIpc) is 3.29. The average molecular weight is 496 g/mol. The molecule has 1 saturated carbocycles. The predicted octanol–water partition coefficient (Wildman–Crippen LogP) is 6.11. The first-order valence-electron chi connectivity index (χ1n) is 10.8. The van der Waals surface area contributed by atoms with Gasteiger partial charge in [0.2, 0.25) is 0 Å². The second kappa shape index (κ2) is 11.5. The first kappa shape index (κ1) is 25.8. The molecule has 4 N–H and O–H groups in total. The molecule has 0 unspecified atom stereocenters. The number of pyridine rings is 1. The molecule has 0 aliphatic heterocycles. The second-order valence-electron chi connectivity index (χ2n) is 7.97. The number of halogens is 4. The van der Waals surface area contributed by atoms with E-state index < -0.39 is 23.7 Å². The van der Waals surface area contributed by atoms with Gasteiger partial charge in [-0.05, 0) is 62.3 Å². The minimum atomic E-state index is -4.74. The maximum atomic E-state index is 14.2. The third-order valence-corrected chi connectivity index (χ3v) is 5.42. The number of rotatable bonds is 6. The summed E-state index contributed by atoms with van der Waals surface area (Å²) in [4.78, 5) is 13.2. The van der Waals surface area contributed by atoms with E-state index in [2.05, 4.69) is 20.5 Å². The Morgan fingerprint density at radius 1 is 1.09 bits per heavy atom. The van der Waals surface area contributed by atoms with E-state index in [1.165, 1.54) is 12.1 Å². The molecule has 2 aromatic heterocycles. The SMILES string of the molecule is Fc1c(OC2CCC(Cc3cccc(Nc4ccn[nH]4)n3)CC2)cccc1C(F)(F)F.O=C(O)O. The highest BCUT2D eigenvalue weighted by atomic mass is 19.4. The van der Waals surface area contributed by atoms with Crippen LogP contribution in [-0.4, -0.2) is 37.7 Å². The van der Waals surface area contributed by atoms with E-state index in [1.807, 2.05) is 24.3 Å². The topological polar surface area (TPSA) is 120 Å². The van der Waals surface area contributed by atoms with Gasteiger partial charge in [-0.2, -0.15) is 18.3 Å². The van der Waals surface area contributed by atoms with Crippen molar-refractivity contribution in [3.63, 3.8) is 0 Å². The smallest absolute Gasteiger partial charge is 0.487 e. The standard InChI is InChI=1S/C22H22F4N4O.CH2O3/c23-21-17(22(24,25)26)4-2-5-18(21)31-16-9-7-14(8-10-16)13-15-3-1-6-19(28-15)29-20-11-12-27-30-20;2-1(3)4/h1-6,11-12,14,16H,7-10,13H2,(H2,27,28,29,30);(H2,2,3,4). The molecule has 0 atom stereocenters. The van der Waals surface area contributed by atoms with Crippen LogP contribution in [0, 0.1) is 11.7 Å². The molecule has 3 aromatic rings. The summed E-state index contributed by atoms with van der Waals surface area (Å²) in [6.07, 6.45) is -1.43. The first-order valence-corrected chi connectivity index (χ1v) is 10.8. The largest absolute Gasteiger partial charge is 0.503 e. The Morgan fingerprint density at radius 2 is 1.77 bits per heavy atom. The molecule has 0 saturated heterocycles. The lowest BCUT2D eigenvalue weighted by atomic mass is 9.84. The number of alkyl halides is 3. The van der Waals surface area contributed by atoms with Gasteiger partial charge in [0.1, 0.15) is 11.6 Å². The van der Waals surface area contributed by atoms with Gasteiger partial charge in [0.15, 0.2) is 11.6 Å². The van der Waals surface area contributed by atoms with Crippen molar-refractivity contribution in [3.8, 4) is 5.75 Å². The van der Waals surface area contributed by atoms with Crippen molar-refractivity contribution < 1.29 is 37.3 Å². The fraction of sp³-hybridized carbons (Fsp3) is 0.348. The summed E-state index contributed by atoms with van der Waals surface area (Å²) in [6.45, 7) is 0. The van der Waals surface area contributed by atoms with Gasteiger partial charge in [0.05, 0.1) is 17.9 Å². The van der Waals surface area contributed by atoms with Crippen molar-refractivity contribution in [1.82, 2.24) is 15.2 Å². The van der Waals surface area contributed by atoms with Gasteiger partial charge in [0, 0.05) is 11.8 Å². The lowest BCUT2D eigenvalue weighted by molar-refractivity contribution is -0.140. The van der Waals surface area contributed by atoms with Gasteiger partial charge in [0.25, 0.3) is 0 Å². The maximum absolute atomic E-state index is 14.2. The predicted molar refractivity (Wildman–Crippen MR) is 118 cm³/mol. The van der Waals surface area contributed by atoms with Gasteiger partial charge >= 0.3 is 12.3 Å². The van der Waals surface area contributed by atoms with Gasteiger partial charge in [-0.15, -0.1) is 0 Å².